The molecule has 4 heterocycles. The zero-order valence-electron chi connectivity index (χ0n) is 19.7. The highest BCUT2D eigenvalue weighted by atomic mass is 19.1. The number of nitrogens with zero attached hydrogens (tertiary/aromatic N) is 6. The van der Waals surface area contributed by atoms with Crippen LogP contribution in [0.1, 0.15) is 31.0 Å². The number of anilines is 3. The van der Waals surface area contributed by atoms with E-state index in [9.17, 15) is 9.18 Å². The van der Waals surface area contributed by atoms with Crippen molar-refractivity contribution in [3.8, 4) is 0 Å². The summed E-state index contributed by atoms with van der Waals surface area (Å²) in [5, 5.41) is 5.89. The number of nitrogens with two attached hydrogens (primary N) is 1. The fraction of sp³-hybridized carbons (Fsp3) is 0.348. The second-order valence-electron chi connectivity index (χ2n) is 8.54. The maximum absolute atomic E-state index is 14.3. The van der Waals surface area contributed by atoms with Crippen LogP contribution in [0, 0.1) is 12.7 Å². The summed E-state index contributed by atoms with van der Waals surface area (Å²) in [6, 6.07) is 4.98. The van der Waals surface area contributed by atoms with Gasteiger partial charge in [-0.25, -0.2) is 14.4 Å². The number of H-pyrrole nitrogens is 1. The Hall–Kier alpha value is -4.06. The molecule has 1 fully saturated rings. The number of nitrogen functional groups attached to an aromatic ring is 1. The number of rotatable bonds is 5. The molecule has 1 aliphatic heterocycles. The highest BCUT2D eigenvalue weighted by molar-refractivity contribution is 5.86. The van der Waals surface area contributed by atoms with Gasteiger partial charge in [-0.15, -0.1) is 5.06 Å². The smallest absolute Gasteiger partial charge is 0.322 e. The van der Waals surface area contributed by atoms with Gasteiger partial charge in [0.15, 0.2) is 11.5 Å². The Bertz CT molecular complexity index is 1420. The lowest BCUT2D eigenvalue weighted by Crippen LogP contribution is -2.47. The molecule has 4 aromatic rings. The van der Waals surface area contributed by atoms with Crippen molar-refractivity contribution >= 4 is 45.6 Å². The van der Waals surface area contributed by atoms with Crippen LogP contribution in [0.5, 0.6) is 0 Å². The molecule has 4 N–H and O–H groups in total. The number of aromatic nitrogens is 5. The molecule has 11 nitrogen and oxygen atoms in total. The zero-order chi connectivity index (χ0) is 24.7. The van der Waals surface area contributed by atoms with Gasteiger partial charge in [0.2, 0.25) is 5.95 Å². The number of aromatic amines is 1. The molecule has 12 heteroatoms. The number of fused-ring (bicyclic) bond motifs is 2. The average Bonchev–Trinajstić information content (AvgIpc) is 3.30. The van der Waals surface area contributed by atoms with Crippen LogP contribution in [0.4, 0.5) is 22.0 Å². The van der Waals surface area contributed by atoms with Gasteiger partial charge in [-0.1, -0.05) is 0 Å². The summed E-state index contributed by atoms with van der Waals surface area (Å²) in [5.41, 5.74) is 9.02. The topological polar surface area (TPSA) is 138 Å². The molecule has 0 radical (unpaired) electrons. The second-order valence-corrected chi connectivity index (χ2v) is 8.54. The molecule has 0 bridgehead atoms. The van der Waals surface area contributed by atoms with Crippen molar-refractivity contribution in [1.29, 1.82) is 0 Å². The third-order valence-corrected chi connectivity index (χ3v) is 6.10. The summed E-state index contributed by atoms with van der Waals surface area (Å²) in [4.78, 5) is 39.3. The highest BCUT2D eigenvalue weighted by Crippen LogP contribution is 2.33. The summed E-state index contributed by atoms with van der Waals surface area (Å²) in [6.45, 7) is 7.35. The van der Waals surface area contributed by atoms with Gasteiger partial charge in [0.1, 0.15) is 17.2 Å². The van der Waals surface area contributed by atoms with Gasteiger partial charge in [0.05, 0.1) is 31.0 Å². The summed E-state index contributed by atoms with van der Waals surface area (Å²) < 4.78 is 14.3. The van der Waals surface area contributed by atoms with Crippen LogP contribution < -0.4 is 16.0 Å². The third-order valence-electron chi connectivity index (χ3n) is 6.10. The van der Waals surface area contributed by atoms with Gasteiger partial charge in [-0.3, -0.25) is 4.79 Å². The molecule has 1 saturated heterocycles. The van der Waals surface area contributed by atoms with E-state index in [4.69, 9.17) is 15.6 Å². The number of carbonyl (C=O) groups excluding carboxylic acids is 1. The van der Waals surface area contributed by atoms with Crippen LogP contribution in [-0.4, -0.2) is 62.1 Å². The van der Waals surface area contributed by atoms with E-state index in [0.29, 0.717) is 54.2 Å². The Morgan fingerprint density at radius 1 is 1.23 bits per heavy atom. The third kappa shape index (κ3) is 4.39. The lowest BCUT2D eigenvalue weighted by molar-refractivity contribution is -0.188. The molecule has 0 amide bonds. The highest BCUT2D eigenvalue weighted by Gasteiger charge is 2.25. The minimum atomic E-state index is -0.346. The maximum Gasteiger partial charge on any atom is 0.322 e. The first kappa shape index (κ1) is 22.7. The quantitative estimate of drug-likeness (QED) is 0.392. The Morgan fingerprint density at radius 2 is 2.00 bits per heavy atom. The van der Waals surface area contributed by atoms with Gasteiger partial charge in [-0.05, 0) is 32.0 Å². The zero-order valence-corrected chi connectivity index (χ0v) is 19.7. The molecule has 0 spiro atoms. The number of carbonyl (C=O) groups is 1. The van der Waals surface area contributed by atoms with Crippen LogP contribution in [0.3, 0.4) is 0 Å². The van der Waals surface area contributed by atoms with Crippen LogP contribution in [-0.2, 0) is 9.63 Å². The van der Waals surface area contributed by atoms with Crippen LogP contribution >= 0.6 is 0 Å². The van der Waals surface area contributed by atoms with Crippen LogP contribution in [0.2, 0.25) is 0 Å². The fourth-order valence-corrected chi connectivity index (χ4v) is 4.35. The number of nitrogens with one attached hydrogen (secondary N) is 2. The Morgan fingerprint density at radius 3 is 2.74 bits per heavy atom. The van der Waals surface area contributed by atoms with Gasteiger partial charge >= 0.3 is 5.97 Å². The normalized spacial score (nSPS) is 15.5. The number of hydroxylamine groups is 2. The van der Waals surface area contributed by atoms with Gasteiger partial charge in [0.25, 0.3) is 0 Å². The fourth-order valence-electron chi connectivity index (χ4n) is 4.35. The molecule has 3 aromatic heterocycles. The number of piperazine rings is 1. The van der Waals surface area contributed by atoms with E-state index in [-0.39, 0.29) is 23.8 Å². The number of hydrogen-bond acceptors (Lipinski definition) is 10. The Labute approximate surface area is 200 Å². The van der Waals surface area contributed by atoms with E-state index in [1.807, 2.05) is 13.0 Å². The maximum atomic E-state index is 14.3. The lowest BCUT2D eigenvalue weighted by Gasteiger charge is -2.35. The molecule has 0 saturated carbocycles. The van der Waals surface area contributed by atoms with E-state index < -0.39 is 0 Å². The van der Waals surface area contributed by atoms with Crippen LogP contribution in [0.25, 0.3) is 22.1 Å². The standard InChI is InChI=1S/C23H26FN9O2/c1-12-17(24)5-4-15-10-16(13(2)28-21-19-20(27-11-26-19)30-23(25)31-21)22(29-18(12)15)32-6-8-33(9-7-32)35-14(3)34/h4-5,10-11,13H,6-9H2,1-3H3,(H4,25,26,27,28,30,31)/t13-/m0/s1. The van der Waals surface area contributed by atoms with E-state index >= 15 is 0 Å². The van der Waals surface area contributed by atoms with Crippen molar-refractivity contribution < 1.29 is 14.0 Å². The molecule has 0 unspecified atom stereocenters. The first-order valence-electron chi connectivity index (χ1n) is 11.3. The van der Waals surface area contributed by atoms with Crippen molar-refractivity contribution in [3.63, 3.8) is 0 Å². The minimum Gasteiger partial charge on any atom is -0.368 e. The average molecular weight is 480 g/mol. The van der Waals surface area contributed by atoms with Gasteiger partial charge < -0.3 is 25.8 Å². The first-order valence-corrected chi connectivity index (χ1v) is 11.3. The van der Waals surface area contributed by atoms with E-state index in [0.717, 1.165) is 16.8 Å². The summed E-state index contributed by atoms with van der Waals surface area (Å²) in [5.74, 6) is 0.729. The van der Waals surface area contributed by atoms with Crippen molar-refractivity contribution in [2.75, 3.05) is 42.1 Å². The van der Waals surface area contributed by atoms with Crippen molar-refractivity contribution in [2.24, 2.45) is 0 Å². The number of aryl methyl sites for hydroxylation is 1. The molecule has 1 atom stereocenters. The summed E-state index contributed by atoms with van der Waals surface area (Å²) >= 11 is 0. The molecular formula is C23H26FN9O2. The molecule has 0 aliphatic carbocycles. The summed E-state index contributed by atoms with van der Waals surface area (Å²) in [7, 11) is 0. The molecule has 5 rings (SSSR count). The summed E-state index contributed by atoms with van der Waals surface area (Å²) in [6.07, 6.45) is 1.54. The number of halogens is 1. The van der Waals surface area contributed by atoms with E-state index in [2.05, 4.69) is 30.2 Å². The Kier molecular flexibility index (Phi) is 5.81. The largest absolute Gasteiger partial charge is 0.368 e. The van der Waals surface area contributed by atoms with Crippen molar-refractivity contribution in [3.05, 3.63) is 41.5 Å². The van der Waals surface area contributed by atoms with E-state index in [1.165, 1.54) is 19.3 Å². The molecule has 1 aliphatic rings. The predicted octanol–water partition coefficient (Wildman–Crippen LogP) is 2.70. The van der Waals surface area contributed by atoms with Gasteiger partial charge in [0, 0.05) is 36.5 Å². The number of imidazole rings is 1. The number of hydrogen-bond donors (Lipinski definition) is 3. The predicted molar refractivity (Wildman–Crippen MR) is 130 cm³/mol. The van der Waals surface area contributed by atoms with Crippen LogP contribution in [0.15, 0.2) is 24.5 Å². The Balaban J connectivity index is 1.53. The second kappa shape index (κ2) is 8.95. The molecule has 1 aromatic carbocycles. The molecular weight excluding hydrogens is 453 g/mol. The van der Waals surface area contributed by atoms with Crippen molar-refractivity contribution in [1.82, 2.24) is 30.0 Å². The monoisotopic (exact) mass is 479 g/mol. The minimum absolute atomic E-state index is 0.115. The first-order chi connectivity index (χ1) is 16.8. The molecule has 182 valence electrons. The number of benzene rings is 1. The lowest BCUT2D eigenvalue weighted by atomic mass is 10.0. The molecule has 35 heavy (non-hydrogen) atoms. The van der Waals surface area contributed by atoms with Crippen molar-refractivity contribution in [2.45, 2.75) is 26.8 Å². The number of pyridine rings is 1. The van der Waals surface area contributed by atoms with Gasteiger partial charge in [-0.2, -0.15) is 9.97 Å². The van der Waals surface area contributed by atoms with E-state index in [1.54, 1.807) is 18.1 Å². The SMILES string of the molecule is CC(=O)ON1CCN(c2nc3c(C)c(F)ccc3cc2[C@H](C)Nc2nc(N)nc3nc[nH]c23)CC1.